The molecule has 1 aromatic carbocycles. The molecule has 0 bridgehead atoms. The highest BCUT2D eigenvalue weighted by Gasteiger charge is 2.36. The predicted octanol–water partition coefficient (Wildman–Crippen LogP) is 3.30. The monoisotopic (exact) mass is 340 g/mol. The topological polar surface area (TPSA) is 53.8 Å². The Morgan fingerprint density at radius 1 is 1.28 bits per heavy atom. The minimum absolute atomic E-state index is 0.00576. The van der Waals surface area contributed by atoms with Crippen molar-refractivity contribution in [1.82, 2.24) is 4.90 Å². The van der Waals surface area contributed by atoms with Gasteiger partial charge in [0.15, 0.2) is 0 Å². The van der Waals surface area contributed by atoms with Gasteiger partial charge in [0, 0.05) is 25.2 Å². The number of benzene rings is 1. The van der Waals surface area contributed by atoms with Gasteiger partial charge in [-0.05, 0) is 56.2 Å². The fourth-order valence-electron chi connectivity index (χ4n) is 3.47. The lowest BCUT2D eigenvalue weighted by Crippen LogP contribution is -2.37. The van der Waals surface area contributed by atoms with E-state index in [1.165, 1.54) is 0 Å². The third-order valence-corrected chi connectivity index (χ3v) is 4.59. The van der Waals surface area contributed by atoms with Crippen molar-refractivity contribution in [3.63, 3.8) is 0 Å². The third kappa shape index (κ3) is 3.76. The molecule has 5 heteroatoms. The number of carbonyl (C=O) groups excluding carboxylic acids is 2. The van der Waals surface area contributed by atoms with Crippen LogP contribution in [0.25, 0.3) is 0 Å². The molecular weight excluding hydrogens is 316 g/mol. The number of rotatable bonds is 5. The number of likely N-dealkylation sites (tertiary alicyclic amines) is 1. The molecule has 1 aliphatic heterocycles. The van der Waals surface area contributed by atoms with Crippen molar-refractivity contribution in [3.8, 4) is 0 Å². The minimum atomic E-state index is -0.303. The van der Waals surface area contributed by atoms with Gasteiger partial charge in [-0.15, -0.1) is 0 Å². The van der Waals surface area contributed by atoms with Crippen LogP contribution in [0.1, 0.15) is 30.2 Å². The molecule has 1 saturated heterocycles. The number of nitrogens with zero attached hydrogens (tertiary/aromatic N) is 2. The van der Waals surface area contributed by atoms with Gasteiger partial charge < -0.3 is 14.2 Å². The van der Waals surface area contributed by atoms with E-state index in [1.807, 2.05) is 39.0 Å². The molecule has 1 atom stereocenters. The van der Waals surface area contributed by atoms with Crippen LogP contribution in [0.2, 0.25) is 0 Å². The molecule has 0 spiro atoms. The van der Waals surface area contributed by atoms with Crippen LogP contribution in [-0.2, 0) is 16.1 Å². The van der Waals surface area contributed by atoms with Crippen LogP contribution in [0.15, 0.2) is 41.0 Å². The van der Waals surface area contributed by atoms with Crippen LogP contribution < -0.4 is 4.90 Å². The second kappa shape index (κ2) is 7.13. The standard InChI is InChI=1S/C20H24N2O3/c1-4-22(17-9-14(2)8-15(3)10-17)20(24)16-11-19(23)21(12-16)13-18-6-5-7-25-18/h5-10,16H,4,11-13H2,1-3H3/t16-/m0/s1. The zero-order chi connectivity index (χ0) is 18.0. The summed E-state index contributed by atoms with van der Waals surface area (Å²) in [6.45, 7) is 7.47. The van der Waals surface area contributed by atoms with Crippen LogP contribution in [0.4, 0.5) is 5.69 Å². The quantitative estimate of drug-likeness (QED) is 0.839. The minimum Gasteiger partial charge on any atom is -0.467 e. The molecule has 3 rings (SSSR count). The van der Waals surface area contributed by atoms with Crippen LogP contribution >= 0.6 is 0 Å². The highest BCUT2D eigenvalue weighted by atomic mass is 16.3. The Kier molecular flexibility index (Phi) is 4.93. The maximum atomic E-state index is 13.0. The molecule has 0 saturated carbocycles. The van der Waals surface area contributed by atoms with Gasteiger partial charge in [0.1, 0.15) is 5.76 Å². The Morgan fingerprint density at radius 3 is 2.60 bits per heavy atom. The molecule has 2 aromatic rings. The average Bonchev–Trinajstić information content (AvgIpc) is 3.18. The van der Waals surface area contributed by atoms with E-state index < -0.39 is 0 Å². The van der Waals surface area contributed by atoms with Gasteiger partial charge in [-0.2, -0.15) is 0 Å². The van der Waals surface area contributed by atoms with E-state index in [-0.39, 0.29) is 24.2 Å². The molecule has 1 aromatic heterocycles. The Balaban J connectivity index is 1.74. The Labute approximate surface area is 148 Å². The molecule has 0 aliphatic carbocycles. The van der Waals surface area contributed by atoms with E-state index in [2.05, 4.69) is 6.07 Å². The summed E-state index contributed by atoms with van der Waals surface area (Å²) in [5, 5.41) is 0. The lowest BCUT2D eigenvalue weighted by atomic mass is 10.1. The number of hydrogen-bond acceptors (Lipinski definition) is 3. The molecular formula is C20H24N2O3. The first-order chi connectivity index (χ1) is 12.0. The highest BCUT2D eigenvalue weighted by Crippen LogP contribution is 2.26. The zero-order valence-corrected chi connectivity index (χ0v) is 15.0. The van der Waals surface area contributed by atoms with E-state index >= 15 is 0 Å². The summed E-state index contributed by atoms with van der Waals surface area (Å²) in [7, 11) is 0. The van der Waals surface area contributed by atoms with Crippen LogP contribution in [-0.4, -0.2) is 29.8 Å². The molecule has 1 aliphatic rings. The van der Waals surface area contributed by atoms with Gasteiger partial charge in [-0.3, -0.25) is 9.59 Å². The number of anilines is 1. The average molecular weight is 340 g/mol. The maximum Gasteiger partial charge on any atom is 0.232 e. The Bertz CT molecular complexity index is 747. The molecule has 2 amide bonds. The summed E-state index contributed by atoms with van der Waals surface area (Å²) in [5.74, 6) is 0.459. The largest absolute Gasteiger partial charge is 0.467 e. The van der Waals surface area contributed by atoms with E-state index in [9.17, 15) is 9.59 Å². The van der Waals surface area contributed by atoms with Crippen molar-refractivity contribution in [2.24, 2.45) is 5.92 Å². The van der Waals surface area contributed by atoms with Crippen molar-refractivity contribution < 1.29 is 14.0 Å². The molecule has 5 nitrogen and oxygen atoms in total. The third-order valence-electron chi connectivity index (χ3n) is 4.59. The molecule has 0 unspecified atom stereocenters. The first-order valence-corrected chi connectivity index (χ1v) is 8.67. The smallest absolute Gasteiger partial charge is 0.232 e. The lowest BCUT2D eigenvalue weighted by molar-refractivity contribution is -0.129. The molecule has 1 fully saturated rings. The van der Waals surface area contributed by atoms with Gasteiger partial charge in [0.05, 0.1) is 18.7 Å². The summed E-state index contributed by atoms with van der Waals surface area (Å²) in [6.07, 6.45) is 1.86. The zero-order valence-electron chi connectivity index (χ0n) is 15.0. The summed E-state index contributed by atoms with van der Waals surface area (Å²) >= 11 is 0. The number of aryl methyl sites for hydroxylation is 2. The molecule has 25 heavy (non-hydrogen) atoms. The van der Waals surface area contributed by atoms with Gasteiger partial charge in [0.25, 0.3) is 0 Å². The van der Waals surface area contributed by atoms with Crippen molar-refractivity contribution in [3.05, 3.63) is 53.5 Å². The van der Waals surface area contributed by atoms with E-state index in [0.717, 1.165) is 22.6 Å². The van der Waals surface area contributed by atoms with Gasteiger partial charge in [-0.1, -0.05) is 6.07 Å². The van der Waals surface area contributed by atoms with E-state index in [1.54, 1.807) is 22.1 Å². The number of carbonyl (C=O) groups is 2. The fraction of sp³-hybridized carbons (Fsp3) is 0.400. The summed E-state index contributed by atoms with van der Waals surface area (Å²) < 4.78 is 5.31. The lowest BCUT2D eigenvalue weighted by Gasteiger charge is -2.25. The van der Waals surface area contributed by atoms with Gasteiger partial charge >= 0.3 is 0 Å². The predicted molar refractivity (Wildman–Crippen MR) is 96.2 cm³/mol. The summed E-state index contributed by atoms with van der Waals surface area (Å²) in [6, 6.07) is 9.78. The second-order valence-corrected chi connectivity index (χ2v) is 6.68. The van der Waals surface area contributed by atoms with Crippen molar-refractivity contribution in [2.75, 3.05) is 18.0 Å². The Morgan fingerprint density at radius 2 is 2.00 bits per heavy atom. The van der Waals surface area contributed by atoms with Gasteiger partial charge in [-0.25, -0.2) is 0 Å². The number of amides is 2. The van der Waals surface area contributed by atoms with Gasteiger partial charge in [0.2, 0.25) is 11.8 Å². The Hall–Kier alpha value is -2.56. The fourth-order valence-corrected chi connectivity index (χ4v) is 3.47. The van der Waals surface area contributed by atoms with Crippen LogP contribution in [0, 0.1) is 19.8 Å². The first kappa shape index (κ1) is 17.3. The van der Waals surface area contributed by atoms with Crippen molar-refractivity contribution >= 4 is 17.5 Å². The molecule has 0 N–H and O–H groups in total. The molecule has 2 heterocycles. The highest BCUT2D eigenvalue weighted by molar-refractivity contribution is 5.99. The van der Waals surface area contributed by atoms with Crippen LogP contribution in [0.3, 0.4) is 0 Å². The maximum absolute atomic E-state index is 13.0. The normalized spacial score (nSPS) is 17.2. The SMILES string of the molecule is CCN(C(=O)[C@H]1CC(=O)N(Cc2ccco2)C1)c1cc(C)cc(C)c1. The first-order valence-electron chi connectivity index (χ1n) is 8.67. The van der Waals surface area contributed by atoms with E-state index in [4.69, 9.17) is 4.42 Å². The summed E-state index contributed by atoms with van der Waals surface area (Å²) in [5.41, 5.74) is 3.16. The van der Waals surface area contributed by atoms with Crippen LogP contribution in [0.5, 0.6) is 0 Å². The summed E-state index contributed by atoms with van der Waals surface area (Å²) in [4.78, 5) is 28.8. The van der Waals surface area contributed by atoms with Crippen molar-refractivity contribution in [1.29, 1.82) is 0 Å². The second-order valence-electron chi connectivity index (χ2n) is 6.68. The van der Waals surface area contributed by atoms with Crippen molar-refractivity contribution in [2.45, 2.75) is 33.7 Å². The number of hydrogen-bond donors (Lipinski definition) is 0. The molecule has 132 valence electrons. The number of furan rings is 1. The molecule has 0 radical (unpaired) electrons. The van der Waals surface area contributed by atoms with E-state index in [0.29, 0.717) is 19.6 Å².